The second-order valence-corrected chi connectivity index (χ2v) is 9.79. The predicted octanol–water partition coefficient (Wildman–Crippen LogP) is 1.42. The molecular formula is C20H20F2N8O4S. The molecular weight excluding hydrogens is 486 g/mol. The van der Waals surface area contributed by atoms with Crippen molar-refractivity contribution in [2.45, 2.75) is 25.8 Å². The van der Waals surface area contributed by atoms with E-state index in [1.807, 2.05) is 0 Å². The summed E-state index contributed by atoms with van der Waals surface area (Å²) in [7, 11) is -4.17. The van der Waals surface area contributed by atoms with E-state index in [0.717, 1.165) is 0 Å². The zero-order valence-electron chi connectivity index (χ0n) is 18.4. The number of hydrogen-bond donors (Lipinski definition) is 1. The molecule has 3 aromatic heterocycles. The fourth-order valence-electron chi connectivity index (χ4n) is 3.75. The van der Waals surface area contributed by atoms with Crippen molar-refractivity contribution in [2.75, 3.05) is 18.8 Å². The molecule has 0 amide bonds. The molecule has 4 aromatic rings. The molecule has 4 heterocycles. The number of rotatable bonds is 8. The maximum absolute atomic E-state index is 15.4. The van der Waals surface area contributed by atoms with Gasteiger partial charge in [-0.3, -0.25) is 0 Å². The quantitative estimate of drug-likeness (QED) is 0.346. The lowest BCUT2D eigenvalue weighted by Crippen LogP contribution is -2.24. The number of nitrogens with one attached hydrogen (secondary N) is 1. The Morgan fingerprint density at radius 3 is 2.71 bits per heavy atom. The highest BCUT2D eigenvalue weighted by molar-refractivity contribution is 7.87. The normalized spacial score (nSPS) is 16.7. The van der Waals surface area contributed by atoms with Crippen molar-refractivity contribution in [3.05, 3.63) is 53.1 Å². The van der Waals surface area contributed by atoms with Crippen LogP contribution >= 0.6 is 0 Å². The van der Waals surface area contributed by atoms with Crippen molar-refractivity contribution >= 4 is 21.3 Å². The van der Waals surface area contributed by atoms with Gasteiger partial charge in [-0.2, -0.15) is 22.2 Å². The molecule has 0 radical (unpaired) electrons. The van der Waals surface area contributed by atoms with Crippen LogP contribution in [0.3, 0.4) is 0 Å². The van der Waals surface area contributed by atoms with Gasteiger partial charge in [0.2, 0.25) is 5.82 Å². The Morgan fingerprint density at radius 2 is 2.03 bits per heavy atom. The molecule has 15 heteroatoms. The summed E-state index contributed by atoms with van der Waals surface area (Å²) in [6.07, 6.45) is 0.653. The highest BCUT2D eigenvalue weighted by atomic mass is 32.2. The van der Waals surface area contributed by atoms with Gasteiger partial charge in [0, 0.05) is 5.56 Å². The predicted molar refractivity (Wildman–Crippen MR) is 116 cm³/mol. The molecule has 35 heavy (non-hydrogen) atoms. The SMILES string of the molecule is Cc1nonc1Cn1nnc2c(OS(=O)(=O)CC3CCNC3)nc(C(F)(F)c3ccccc3)nc21. The highest BCUT2D eigenvalue weighted by Crippen LogP contribution is 2.36. The van der Waals surface area contributed by atoms with Crippen LogP contribution in [0.2, 0.25) is 0 Å². The van der Waals surface area contributed by atoms with Crippen LogP contribution in [0.4, 0.5) is 8.78 Å². The second-order valence-electron chi connectivity index (χ2n) is 8.17. The van der Waals surface area contributed by atoms with E-state index in [2.05, 4.69) is 40.5 Å². The van der Waals surface area contributed by atoms with Crippen molar-refractivity contribution in [1.29, 1.82) is 0 Å². The van der Waals surface area contributed by atoms with Gasteiger partial charge in [-0.1, -0.05) is 45.9 Å². The summed E-state index contributed by atoms with van der Waals surface area (Å²) in [5.74, 6) is -5.70. The van der Waals surface area contributed by atoms with Gasteiger partial charge in [0.15, 0.2) is 11.2 Å². The molecule has 1 fully saturated rings. The molecule has 1 aliphatic heterocycles. The van der Waals surface area contributed by atoms with Crippen LogP contribution in [-0.2, 0) is 22.6 Å². The van der Waals surface area contributed by atoms with Crippen LogP contribution < -0.4 is 9.50 Å². The minimum atomic E-state index is -4.17. The number of fused-ring (bicyclic) bond motifs is 1. The minimum absolute atomic E-state index is 0.0564. The molecule has 0 saturated carbocycles. The molecule has 0 spiro atoms. The van der Waals surface area contributed by atoms with E-state index in [1.165, 1.54) is 28.9 Å². The van der Waals surface area contributed by atoms with E-state index < -0.39 is 27.7 Å². The van der Waals surface area contributed by atoms with Crippen LogP contribution in [0.15, 0.2) is 35.0 Å². The average molecular weight is 506 g/mol. The number of alkyl halides is 2. The zero-order chi connectivity index (χ0) is 24.6. The first-order valence-electron chi connectivity index (χ1n) is 10.7. The van der Waals surface area contributed by atoms with Crippen LogP contribution in [0.5, 0.6) is 5.88 Å². The second kappa shape index (κ2) is 8.88. The Bertz CT molecular complexity index is 1450. The highest BCUT2D eigenvalue weighted by Gasteiger charge is 2.39. The van der Waals surface area contributed by atoms with Crippen molar-refractivity contribution in [3.8, 4) is 5.88 Å². The summed E-state index contributed by atoms with van der Waals surface area (Å²) in [6.45, 7) is 2.80. The lowest BCUT2D eigenvalue weighted by molar-refractivity contribution is 0.0327. The fraction of sp³-hybridized carbons (Fsp3) is 0.400. The number of aromatic nitrogens is 7. The third-order valence-electron chi connectivity index (χ3n) is 5.60. The number of halogens is 2. The molecule has 1 atom stereocenters. The van der Waals surface area contributed by atoms with Crippen molar-refractivity contribution in [2.24, 2.45) is 5.92 Å². The Morgan fingerprint density at radius 1 is 1.23 bits per heavy atom. The molecule has 5 rings (SSSR count). The van der Waals surface area contributed by atoms with Crippen LogP contribution in [-0.4, -0.2) is 62.5 Å². The first-order valence-corrected chi connectivity index (χ1v) is 12.3. The standard InChI is InChI=1S/C20H20F2N8O4S/c1-12-15(28-34-27-12)10-30-17-16(26-29-30)18(33-35(31,32)11-13-7-8-23-9-13)25-19(24-17)20(21,22)14-5-3-2-4-6-14/h2-6,13,23H,7-11H2,1H3. The van der Waals surface area contributed by atoms with Crippen LogP contribution in [0, 0.1) is 12.8 Å². The van der Waals surface area contributed by atoms with Crippen molar-refractivity contribution in [1.82, 2.24) is 40.6 Å². The number of hydrogen-bond acceptors (Lipinski definition) is 11. The average Bonchev–Trinajstić information content (AvgIpc) is 3.57. The van der Waals surface area contributed by atoms with Gasteiger partial charge in [0.25, 0.3) is 5.88 Å². The molecule has 1 aliphatic rings. The maximum atomic E-state index is 15.4. The first kappa shape index (κ1) is 23.2. The molecule has 1 saturated heterocycles. The van der Waals surface area contributed by atoms with Gasteiger partial charge in [-0.15, -0.1) is 5.10 Å². The number of benzene rings is 1. The Hall–Kier alpha value is -3.59. The molecule has 184 valence electrons. The van der Waals surface area contributed by atoms with E-state index in [4.69, 9.17) is 4.18 Å². The van der Waals surface area contributed by atoms with Crippen LogP contribution in [0.25, 0.3) is 11.2 Å². The summed E-state index contributed by atoms with van der Waals surface area (Å²) in [6, 6.07) is 6.93. The summed E-state index contributed by atoms with van der Waals surface area (Å²) < 4.78 is 67.4. The van der Waals surface area contributed by atoms with Gasteiger partial charge in [0.05, 0.1) is 12.3 Å². The van der Waals surface area contributed by atoms with E-state index in [-0.39, 0.29) is 34.9 Å². The lowest BCUT2D eigenvalue weighted by atomic mass is 10.1. The maximum Gasteiger partial charge on any atom is 0.331 e. The summed E-state index contributed by atoms with van der Waals surface area (Å²) in [5, 5.41) is 18.3. The fourth-order valence-corrected chi connectivity index (χ4v) is 5.03. The monoisotopic (exact) mass is 506 g/mol. The Balaban J connectivity index is 1.60. The van der Waals surface area contributed by atoms with E-state index in [1.54, 1.807) is 13.0 Å². The lowest BCUT2D eigenvalue weighted by Gasteiger charge is -2.16. The van der Waals surface area contributed by atoms with Gasteiger partial charge >= 0.3 is 16.0 Å². The molecule has 1 aromatic carbocycles. The largest absolute Gasteiger partial charge is 0.359 e. The van der Waals surface area contributed by atoms with Gasteiger partial charge in [0.1, 0.15) is 11.4 Å². The Labute approximate surface area is 197 Å². The van der Waals surface area contributed by atoms with Crippen molar-refractivity contribution in [3.63, 3.8) is 0 Å². The van der Waals surface area contributed by atoms with Gasteiger partial charge in [-0.25, -0.2) is 14.3 Å². The Kier molecular flexibility index (Phi) is 5.88. The topological polar surface area (TPSA) is 151 Å². The van der Waals surface area contributed by atoms with Gasteiger partial charge < -0.3 is 9.50 Å². The van der Waals surface area contributed by atoms with Crippen LogP contribution in [0.1, 0.15) is 29.2 Å². The van der Waals surface area contributed by atoms with E-state index in [0.29, 0.717) is 30.9 Å². The third kappa shape index (κ3) is 4.68. The molecule has 0 aliphatic carbocycles. The molecule has 12 nitrogen and oxygen atoms in total. The summed E-state index contributed by atoms with van der Waals surface area (Å²) >= 11 is 0. The number of aryl methyl sites for hydroxylation is 1. The molecule has 1 unspecified atom stereocenters. The minimum Gasteiger partial charge on any atom is -0.359 e. The summed E-state index contributed by atoms with van der Waals surface area (Å²) in [4.78, 5) is 7.80. The van der Waals surface area contributed by atoms with E-state index >= 15 is 8.78 Å². The summed E-state index contributed by atoms with van der Waals surface area (Å²) in [5.41, 5.74) is 0.124. The van der Waals surface area contributed by atoms with Crippen molar-refractivity contribution < 1.29 is 26.0 Å². The number of nitrogens with zero attached hydrogens (tertiary/aromatic N) is 7. The van der Waals surface area contributed by atoms with E-state index in [9.17, 15) is 8.42 Å². The smallest absolute Gasteiger partial charge is 0.331 e. The zero-order valence-corrected chi connectivity index (χ0v) is 19.2. The third-order valence-corrected chi connectivity index (χ3v) is 6.89. The van der Waals surface area contributed by atoms with Gasteiger partial charge in [-0.05, 0) is 32.4 Å². The first-order chi connectivity index (χ1) is 16.7. The molecule has 0 bridgehead atoms. The molecule has 1 N–H and O–H groups in total.